The van der Waals surface area contributed by atoms with Crippen LogP contribution in [0.1, 0.15) is 32.6 Å². The van der Waals surface area contributed by atoms with Crippen LogP contribution in [-0.4, -0.2) is 23.6 Å². The number of rotatable bonds is 8. The highest BCUT2D eigenvalue weighted by Gasteiger charge is 2.07. The van der Waals surface area contributed by atoms with Crippen LogP contribution >= 0.6 is 0 Å². The molecule has 0 spiro atoms. The van der Waals surface area contributed by atoms with Gasteiger partial charge < -0.3 is 15.2 Å². The van der Waals surface area contributed by atoms with Gasteiger partial charge in [-0.15, -0.1) is 0 Å². The standard InChI is InChI=1S/C14H18FNO4/c1-2-20-12-8-7-10(9-11(12)15)16-13(17)5-3-4-6-14(18)19/h7-9H,2-6H2,1H3,(H,16,17)(H,18,19). The van der Waals surface area contributed by atoms with Crippen LogP contribution in [0, 0.1) is 5.82 Å². The zero-order valence-corrected chi connectivity index (χ0v) is 11.3. The van der Waals surface area contributed by atoms with Crippen molar-refractivity contribution in [3.63, 3.8) is 0 Å². The number of nitrogens with one attached hydrogen (secondary N) is 1. The Kier molecular flexibility index (Phi) is 6.49. The van der Waals surface area contributed by atoms with Crippen molar-refractivity contribution < 1.29 is 23.8 Å². The summed E-state index contributed by atoms with van der Waals surface area (Å²) in [6.07, 6.45) is 1.19. The van der Waals surface area contributed by atoms with Gasteiger partial charge in [0.05, 0.1) is 6.61 Å². The summed E-state index contributed by atoms with van der Waals surface area (Å²) in [5, 5.41) is 11.0. The van der Waals surface area contributed by atoms with Crippen molar-refractivity contribution in [3.05, 3.63) is 24.0 Å². The molecule has 1 aromatic rings. The van der Waals surface area contributed by atoms with Gasteiger partial charge in [-0.3, -0.25) is 9.59 Å². The Labute approximate surface area is 116 Å². The Morgan fingerprint density at radius 2 is 2.00 bits per heavy atom. The van der Waals surface area contributed by atoms with Crippen molar-refractivity contribution >= 4 is 17.6 Å². The van der Waals surface area contributed by atoms with Gasteiger partial charge in [-0.2, -0.15) is 0 Å². The molecule has 6 heteroatoms. The minimum absolute atomic E-state index is 0.0466. The van der Waals surface area contributed by atoms with Gasteiger partial charge in [-0.05, 0) is 31.9 Å². The number of hydrogen-bond donors (Lipinski definition) is 2. The number of carboxylic acids is 1. The van der Waals surface area contributed by atoms with Gasteiger partial charge in [0.1, 0.15) is 0 Å². The summed E-state index contributed by atoms with van der Waals surface area (Å²) >= 11 is 0. The van der Waals surface area contributed by atoms with Crippen molar-refractivity contribution in [2.75, 3.05) is 11.9 Å². The molecule has 0 fully saturated rings. The topological polar surface area (TPSA) is 75.6 Å². The maximum absolute atomic E-state index is 13.5. The number of ether oxygens (including phenoxy) is 1. The molecule has 1 rings (SSSR count). The van der Waals surface area contributed by atoms with Crippen molar-refractivity contribution in [1.29, 1.82) is 0 Å². The maximum Gasteiger partial charge on any atom is 0.303 e. The minimum Gasteiger partial charge on any atom is -0.491 e. The summed E-state index contributed by atoms with van der Waals surface area (Å²) in [5.74, 6) is -1.53. The van der Waals surface area contributed by atoms with E-state index >= 15 is 0 Å². The number of unbranched alkanes of at least 4 members (excludes halogenated alkanes) is 1. The molecule has 0 radical (unpaired) electrons. The van der Waals surface area contributed by atoms with Crippen LogP contribution in [0.2, 0.25) is 0 Å². The smallest absolute Gasteiger partial charge is 0.303 e. The molecular weight excluding hydrogens is 265 g/mol. The third-order valence-electron chi connectivity index (χ3n) is 2.56. The van der Waals surface area contributed by atoms with Gasteiger partial charge in [0.25, 0.3) is 0 Å². The Bertz CT molecular complexity index is 476. The molecule has 0 aromatic heterocycles. The molecule has 1 aromatic carbocycles. The molecule has 5 nitrogen and oxygen atoms in total. The second-order valence-corrected chi connectivity index (χ2v) is 4.23. The molecule has 0 bridgehead atoms. The lowest BCUT2D eigenvalue weighted by Crippen LogP contribution is -2.11. The lowest BCUT2D eigenvalue weighted by molar-refractivity contribution is -0.137. The van der Waals surface area contributed by atoms with Crippen LogP contribution in [0.3, 0.4) is 0 Å². The third-order valence-corrected chi connectivity index (χ3v) is 2.56. The van der Waals surface area contributed by atoms with Crippen LogP contribution < -0.4 is 10.1 Å². The van der Waals surface area contributed by atoms with E-state index in [4.69, 9.17) is 9.84 Å². The highest BCUT2D eigenvalue weighted by molar-refractivity contribution is 5.90. The second-order valence-electron chi connectivity index (χ2n) is 4.23. The number of carbonyl (C=O) groups is 2. The van der Waals surface area contributed by atoms with Crippen molar-refractivity contribution in [3.8, 4) is 5.75 Å². The largest absolute Gasteiger partial charge is 0.491 e. The van der Waals surface area contributed by atoms with Crippen molar-refractivity contribution in [2.24, 2.45) is 0 Å². The molecular formula is C14H18FNO4. The summed E-state index contributed by atoms with van der Waals surface area (Å²) in [6.45, 7) is 2.12. The molecule has 110 valence electrons. The average molecular weight is 283 g/mol. The summed E-state index contributed by atoms with van der Waals surface area (Å²) < 4.78 is 18.6. The average Bonchev–Trinajstić information content (AvgIpc) is 2.38. The summed E-state index contributed by atoms with van der Waals surface area (Å²) in [7, 11) is 0. The SMILES string of the molecule is CCOc1ccc(NC(=O)CCCCC(=O)O)cc1F. The van der Waals surface area contributed by atoms with E-state index in [0.717, 1.165) is 0 Å². The lowest BCUT2D eigenvalue weighted by Gasteiger charge is -2.08. The fraction of sp³-hybridized carbons (Fsp3) is 0.429. The second kappa shape index (κ2) is 8.14. The Morgan fingerprint density at radius 3 is 2.60 bits per heavy atom. The van der Waals surface area contributed by atoms with E-state index < -0.39 is 11.8 Å². The normalized spacial score (nSPS) is 10.1. The molecule has 1 amide bonds. The van der Waals surface area contributed by atoms with Crippen LogP contribution in [0.25, 0.3) is 0 Å². The highest BCUT2D eigenvalue weighted by atomic mass is 19.1. The molecule has 2 N–H and O–H groups in total. The monoisotopic (exact) mass is 283 g/mol. The van der Waals surface area contributed by atoms with Crippen LogP contribution in [0.4, 0.5) is 10.1 Å². The van der Waals surface area contributed by atoms with E-state index in [0.29, 0.717) is 25.1 Å². The maximum atomic E-state index is 13.5. The predicted molar refractivity (Wildman–Crippen MR) is 72.3 cm³/mol. The Balaban J connectivity index is 2.42. The number of benzene rings is 1. The molecule has 20 heavy (non-hydrogen) atoms. The van der Waals surface area contributed by atoms with Gasteiger partial charge in [0, 0.05) is 24.6 Å². The number of anilines is 1. The minimum atomic E-state index is -0.876. The van der Waals surface area contributed by atoms with E-state index in [1.807, 2.05) is 0 Å². The van der Waals surface area contributed by atoms with Gasteiger partial charge in [0.2, 0.25) is 5.91 Å². The number of halogens is 1. The van der Waals surface area contributed by atoms with Crippen LogP contribution in [-0.2, 0) is 9.59 Å². The molecule has 0 unspecified atom stereocenters. The summed E-state index contributed by atoms with van der Waals surface area (Å²) in [6, 6.07) is 4.21. The fourth-order valence-corrected chi connectivity index (χ4v) is 1.64. The van der Waals surface area contributed by atoms with E-state index in [1.54, 1.807) is 13.0 Å². The fourth-order valence-electron chi connectivity index (χ4n) is 1.64. The van der Waals surface area contributed by atoms with Crippen molar-refractivity contribution in [1.82, 2.24) is 0 Å². The molecule has 0 saturated heterocycles. The molecule has 0 aliphatic carbocycles. The molecule has 0 atom stereocenters. The highest BCUT2D eigenvalue weighted by Crippen LogP contribution is 2.21. The summed E-state index contributed by atoms with van der Waals surface area (Å²) in [5.41, 5.74) is 0.356. The Hall–Kier alpha value is -2.11. The van der Waals surface area contributed by atoms with E-state index in [9.17, 15) is 14.0 Å². The molecule has 0 heterocycles. The number of amides is 1. The van der Waals surface area contributed by atoms with E-state index in [-0.39, 0.29) is 24.5 Å². The first-order valence-corrected chi connectivity index (χ1v) is 6.47. The zero-order valence-electron chi connectivity index (χ0n) is 11.3. The number of carbonyl (C=O) groups excluding carboxylic acids is 1. The Morgan fingerprint density at radius 1 is 1.30 bits per heavy atom. The molecule has 0 aliphatic heterocycles. The predicted octanol–water partition coefficient (Wildman–Crippen LogP) is 2.81. The molecule has 0 saturated carbocycles. The first-order valence-electron chi connectivity index (χ1n) is 6.47. The number of aliphatic carboxylic acids is 1. The zero-order chi connectivity index (χ0) is 15.0. The summed E-state index contributed by atoms with van der Waals surface area (Å²) in [4.78, 5) is 21.9. The van der Waals surface area contributed by atoms with Crippen LogP contribution in [0.15, 0.2) is 18.2 Å². The first-order chi connectivity index (χ1) is 9.52. The van der Waals surface area contributed by atoms with Gasteiger partial charge in [-0.25, -0.2) is 4.39 Å². The van der Waals surface area contributed by atoms with Gasteiger partial charge in [0.15, 0.2) is 11.6 Å². The third kappa shape index (κ3) is 5.69. The van der Waals surface area contributed by atoms with Crippen molar-refractivity contribution in [2.45, 2.75) is 32.6 Å². The quantitative estimate of drug-likeness (QED) is 0.719. The number of carboxylic acid groups (broad SMARTS) is 1. The van der Waals surface area contributed by atoms with Gasteiger partial charge in [-0.1, -0.05) is 0 Å². The first kappa shape index (κ1) is 15.9. The van der Waals surface area contributed by atoms with E-state index in [2.05, 4.69) is 5.32 Å². The molecule has 0 aliphatic rings. The van der Waals surface area contributed by atoms with Crippen LogP contribution in [0.5, 0.6) is 5.75 Å². The van der Waals surface area contributed by atoms with Gasteiger partial charge >= 0.3 is 5.97 Å². The number of hydrogen-bond acceptors (Lipinski definition) is 3. The van der Waals surface area contributed by atoms with E-state index in [1.165, 1.54) is 12.1 Å². The lowest BCUT2D eigenvalue weighted by atomic mass is 10.2.